The van der Waals surface area contributed by atoms with E-state index in [1.807, 2.05) is 0 Å². The van der Waals surface area contributed by atoms with Gasteiger partial charge in [-0.25, -0.2) is 0 Å². The lowest BCUT2D eigenvalue weighted by Crippen LogP contribution is -2.19. The molecule has 5 nitrogen and oxygen atoms in total. The highest BCUT2D eigenvalue weighted by Crippen LogP contribution is 2.34. The van der Waals surface area contributed by atoms with Gasteiger partial charge < -0.3 is 14.9 Å². The fraction of sp³-hybridized carbons (Fsp3) is 0.286. The minimum absolute atomic E-state index is 0.0762. The van der Waals surface area contributed by atoms with Crippen molar-refractivity contribution in [1.29, 1.82) is 0 Å². The van der Waals surface area contributed by atoms with Crippen LogP contribution in [0.3, 0.4) is 0 Å². The number of halogens is 4. The normalized spacial score (nSPS) is 11.3. The van der Waals surface area contributed by atoms with Gasteiger partial charge in [0.2, 0.25) is 0 Å². The molecular weight excluding hydrogens is 344 g/mol. The Morgan fingerprint density at radius 3 is 2.56 bits per heavy atom. The summed E-state index contributed by atoms with van der Waals surface area (Å²) in [5, 5.41) is 10.5. The Kier molecular flexibility index (Phi) is 3.55. The molecule has 0 unspecified atom stereocenters. The summed E-state index contributed by atoms with van der Waals surface area (Å²) in [7, 11) is 0. The number of aromatic nitrogens is 1. The zero-order valence-electron chi connectivity index (χ0n) is 7.71. The highest BCUT2D eigenvalue weighted by molar-refractivity contribution is 14.1. The van der Waals surface area contributed by atoms with E-state index in [0.717, 1.165) is 6.20 Å². The molecule has 0 atom stereocenters. The molecule has 0 bridgehead atoms. The second-order valence-corrected chi connectivity index (χ2v) is 3.79. The number of hydrogen-bond donors (Lipinski definition) is 0. The summed E-state index contributed by atoms with van der Waals surface area (Å²) in [6, 6.07) is 0. The van der Waals surface area contributed by atoms with Gasteiger partial charge in [-0.2, -0.15) is 0 Å². The van der Waals surface area contributed by atoms with Crippen molar-refractivity contribution in [2.75, 3.05) is 0 Å². The number of ether oxygens (including phenoxy) is 1. The SMILES string of the molecule is Cc1cnc([N+](=O)[O-])c(I)c1OC(F)(F)F. The van der Waals surface area contributed by atoms with Crippen molar-refractivity contribution >= 4 is 28.4 Å². The highest BCUT2D eigenvalue weighted by atomic mass is 127. The molecular formula is C7H4F3IN2O3. The first-order valence-corrected chi connectivity index (χ1v) is 4.85. The number of nitro groups is 1. The van der Waals surface area contributed by atoms with Crippen molar-refractivity contribution in [3.63, 3.8) is 0 Å². The fourth-order valence-electron chi connectivity index (χ4n) is 0.916. The first-order chi connectivity index (χ1) is 7.22. The third-order valence-electron chi connectivity index (χ3n) is 1.53. The quantitative estimate of drug-likeness (QED) is 0.468. The standard InChI is InChI=1S/C7H4F3IN2O3/c1-3-2-12-6(13(14)15)4(11)5(3)16-7(8,9)10/h2H,1H3. The molecule has 9 heteroatoms. The van der Waals surface area contributed by atoms with Gasteiger partial charge in [0.25, 0.3) is 0 Å². The van der Waals surface area contributed by atoms with E-state index >= 15 is 0 Å². The van der Waals surface area contributed by atoms with Gasteiger partial charge in [-0.15, -0.1) is 13.2 Å². The average molecular weight is 348 g/mol. The molecule has 0 radical (unpaired) electrons. The van der Waals surface area contributed by atoms with Gasteiger partial charge in [-0.1, -0.05) is 0 Å². The monoisotopic (exact) mass is 348 g/mol. The van der Waals surface area contributed by atoms with E-state index in [1.54, 1.807) is 0 Å². The summed E-state index contributed by atoms with van der Waals surface area (Å²) >= 11 is 1.39. The van der Waals surface area contributed by atoms with Crippen LogP contribution in [-0.2, 0) is 0 Å². The van der Waals surface area contributed by atoms with Crippen LogP contribution in [0.2, 0.25) is 0 Å². The van der Waals surface area contributed by atoms with Gasteiger partial charge in [0.1, 0.15) is 6.20 Å². The van der Waals surface area contributed by atoms with E-state index < -0.39 is 22.9 Å². The number of rotatable bonds is 2. The molecule has 1 rings (SSSR count). The number of alkyl halides is 3. The second kappa shape index (κ2) is 4.39. The van der Waals surface area contributed by atoms with Crippen molar-refractivity contribution in [3.8, 4) is 5.75 Å². The van der Waals surface area contributed by atoms with Gasteiger partial charge >= 0.3 is 12.2 Å². The van der Waals surface area contributed by atoms with Gasteiger partial charge in [0, 0.05) is 5.56 Å². The first kappa shape index (κ1) is 12.9. The zero-order chi connectivity index (χ0) is 12.5. The molecule has 1 aromatic rings. The number of nitrogens with zero attached hydrogens (tertiary/aromatic N) is 2. The molecule has 0 spiro atoms. The molecule has 0 aromatic carbocycles. The molecule has 0 saturated heterocycles. The van der Waals surface area contributed by atoms with Crippen LogP contribution in [0.1, 0.15) is 5.56 Å². The van der Waals surface area contributed by atoms with E-state index in [9.17, 15) is 23.3 Å². The summed E-state index contributed by atoms with van der Waals surface area (Å²) in [6.45, 7) is 1.32. The Hall–Kier alpha value is -1.13. The maximum atomic E-state index is 12.0. The van der Waals surface area contributed by atoms with E-state index in [-0.39, 0.29) is 9.13 Å². The minimum atomic E-state index is -4.89. The molecule has 88 valence electrons. The van der Waals surface area contributed by atoms with Crippen LogP contribution < -0.4 is 4.74 Å². The maximum absolute atomic E-state index is 12.0. The third-order valence-corrected chi connectivity index (χ3v) is 2.50. The lowest BCUT2D eigenvalue weighted by molar-refractivity contribution is -0.390. The first-order valence-electron chi connectivity index (χ1n) is 3.77. The van der Waals surface area contributed by atoms with Crippen molar-refractivity contribution in [1.82, 2.24) is 4.98 Å². The molecule has 0 N–H and O–H groups in total. The fourth-order valence-corrected chi connectivity index (χ4v) is 1.79. The average Bonchev–Trinajstić information content (AvgIpc) is 2.10. The summed E-state index contributed by atoms with van der Waals surface area (Å²) in [5.41, 5.74) is 0.0762. The van der Waals surface area contributed by atoms with Crippen LogP contribution in [0, 0.1) is 20.6 Å². The third kappa shape index (κ3) is 2.93. The Bertz CT molecular complexity index is 436. The summed E-state index contributed by atoms with van der Waals surface area (Å²) < 4.78 is 39.5. The van der Waals surface area contributed by atoms with Crippen LogP contribution in [0.5, 0.6) is 5.75 Å². The van der Waals surface area contributed by atoms with Gasteiger partial charge in [-0.3, -0.25) is 0 Å². The van der Waals surface area contributed by atoms with Crippen molar-refractivity contribution in [2.45, 2.75) is 13.3 Å². The zero-order valence-corrected chi connectivity index (χ0v) is 9.87. The topological polar surface area (TPSA) is 65.3 Å². The molecule has 1 heterocycles. The lowest BCUT2D eigenvalue weighted by Gasteiger charge is -2.11. The Morgan fingerprint density at radius 1 is 1.56 bits per heavy atom. The van der Waals surface area contributed by atoms with Crippen LogP contribution in [-0.4, -0.2) is 16.3 Å². The van der Waals surface area contributed by atoms with E-state index in [4.69, 9.17) is 0 Å². The predicted octanol–water partition coefficient (Wildman–Crippen LogP) is 2.80. The van der Waals surface area contributed by atoms with Gasteiger partial charge in [-0.05, 0) is 39.4 Å². The second-order valence-electron chi connectivity index (χ2n) is 2.71. The Labute approximate surface area is 101 Å². The van der Waals surface area contributed by atoms with Crippen LogP contribution in [0.15, 0.2) is 6.20 Å². The van der Waals surface area contributed by atoms with E-state index in [1.165, 1.54) is 29.5 Å². The van der Waals surface area contributed by atoms with Crippen LogP contribution in [0.25, 0.3) is 0 Å². The summed E-state index contributed by atoms with van der Waals surface area (Å²) in [6.07, 6.45) is -3.93. The molecule has 0 fully saturated rings. The molecule has 0 aliphatic rings. The number of aryl methyl sites for hydroxylation is 1. The van der Waals surface area contributed by atoms with E-state index in [0.29, 0.717) is 0 Å². The molecule has 0 aliphatic heterocycles. The van der Waals surface area contributed by atoms with Crippen LogP contribution in [0.4, 0.5) is 19.0 Å². The highest BCUT2D eigenvalue weighted by Gasteiger charge is 2.34. The predicted molar refractivity (Wildman–Crippen MR) is 55.0 cm³/mol. The minimum Gasteiger partial charge on any atom is -0.404 e. The van der Waals surface area contributed by atoms with Crippen LogP contribution >= 0.6 is 22.6 Å². The number of hydrogen-bond acceptors (Lipinski definition) is 4. The van der Waals surface area contributed by atoms with Crippen molar-refractivity contribution in [2.24, 2.45) is 0 Å². The Morgan fingerprint density at radius 2 is 2.12 bits per heavy atom. The molecule has 0 saturated carbocycles. The maximum Gasteiger partial charge on any atom is 0.573 e. The summed E-state index contributed by atoms with van der Waals surface area (Å²) in [4.78, 5) is 13.0. The molecule has 0 amide bonds. The number of pyridine rings is 1. The largest absolute Gasteiger partial charge is 0.573 e. The molecule has 16 heavy (non-hydrogen) atoms. The smallest absolute Gasteiger partial charge is 0.404 e. The van der Waals surface area contributed by atoms with Gasteiger partial charge in [0.15, 0.2) is 9.32 Å². The molecule has 0 aliphatic carbocycles. The Balaban J connectivity index is 3.27. The van der Waals surface area contributed by atoms with Crippen molar-refractivity contribution in [3.05, 3.63) is 25.4 Å². The molecule has 1 aromatic heterocycles. The van der Waals surface area contributed by atoms with Gasteiger partial charge in [0.05, 0.1) is 0 Å². The summed E-state index contributed by atoms with van der Waals surface area (Å²) in [5.74, 6) is -1.25. The van der Waals surface area contributed by atoms with E-state index in [2.05, 4.69) is 9.72 Å². The lowest BCUT2D eigenvalue weighted by atomic mass is 10.3. The van der Waals surface area contributed by atoms with Crippen molar-refractivity contribution < 1.29 is 22.8 Å².